The van der Waals surface area contributed by atoms with Crippen LogP contribution >= 0.6 is 0 Å². The van der Waals surface area contributed by atoms with Gasteiger partial charge in [0.05, 0.1) is 0 Å². The highest BCUT2D eigenvalue weighted by atomic mass is 16.3. The van der Waals surface area contributed by atoms with Gasteiger partial charge in [0.2, 0.25) is 0 Å². The van der Waals surface area contributed by atoms with Crippen molar-refractivity contribution in [2.75, 3.05) is 6.61 Å². The molecule has 4 rings (SSSR count). The zero-order chi connectivity index (χ0) is 9.60. The summed E-state index contributed by atoms with van der Waals surface area (Å²) >= 11 is 0. The lowest BCUT2D eigenvalue weighted by molar-refractivity contribution is 0.0463. The van der Waals surface area contributed by atoms with Crippen LogP contribution in [0.1, 0.15) is 24.8 Å². The molecule has 3 unspecified atom stereocenters. The minimum absolute atomic E-state index is 0.348. The molecule has 0 saturated heterocycles. The number of fused-ring (bicyclic) bond motifs is 1. The molecule has 0 aromatic heterocycles. The third-order valence-corrected chi connectivity index (χ3v) is 4.41. The van der Waals surface area contributed by atoms with Gasteiger partial charge >= 0.3 is 0 Å². The van der Waals surface area contributed by atoms with Crippen molar-refractivity contribution >= 4 is 0 Å². The SMILES string of the molecule is OCC1C2CCC1(c1ccccc1)C2. The van der Waals surface area contributed by atoms with Gasteiger partial charge in [-0.1, -0.05) is 30.3 Å². The third kappa shape index (κ3) is 0.885. The van der Waals surface area contributed by atoms with Gasteiger partial charge in [-0.2, -0.15) is 0 Å². The van der Waals surface area contributed by atoms with Gasteiger partial charge in [-0.05, 0) is 36.7 Å². The predicted octanol–water partition coefficient (Wildman–Crippen LogP) is 2.35. The summed E-state index contributed by atoms with van der Waals surface area (Å²) in [4.78, 5) is 0. The summed E-state index contributed by atoms with van der Waals surface area (Å²) in [6, 6.07) is 10.8. The van der Waals surface area contributed by atoms with Gasteiger partial charge in [0, 0.05) is 12.0 Å². The van der Waals surface area contributed by atoms with Crippen molar-refractivity contribution in [3.63, 3.8) is 0 Å². The van der Waals surface area contributed by atoms with E-state index in [-0.39, 0.29) is 0 Å². The monoisotopic (exact) mass is 188 g/mol. The largest absolute Gasteiger partial charge is 0.396 e. The average molecular weight is 188 g/mol. The van der Waals surface area contributed by atoms with E-state index in [0.29, 0.717) is 17.9 Å². The topological polar surface area (TPSA) is 20.2 Å². The Hall–Kier alpha value is -0.820. The normalized spacial score (nSPS) is 39.5. The Labute approximate surface area is 84.8 Å². The quantitative estimate of drug-likeness (QED) is 0.755. The van der Waals surface area contributed by atoms with E-state index in [1.807, 2.05) is 0 Å². The molecule has 3 saturated carbocycles. The molecule has 0 heterocycles. The number of hydrogen-bond donors (Lipinski definition) is 1. The van der Waals surface area contributed by atoms with Crippen LogP contribution in [0.15, 0.2) is 30.3 Å². The molecule has 0 aliphatic heterocycles. The van der Waals surface area contributed by atoms with Gasteiger partial charge in [0.15, 0.2) is 0 Å². The highest BCUT2D eigenvalue weighted by Gasteiger charge is 2.58. The van der Waals surface area contributed by atoms with Crippen LogP contribution in [0.2, 0.25) is 0 Å². The molecule has 74 valence electrons. The molecule has 3 fully saturated rings. The fraction of sp³-hybridized carbons (Fsp3) is 0.538. The third-order valence-electron chi connectivity index (χ3n) is 4.41. The minimum atomic E-state index is 0.348. The van der Waals surface area contributed by atoms with Gasteiger partial charge in [0.1, 0.15) is 0 Å². The van der Waals surface area contributed by atoms with Crippen molar-refractivity contribution in [3.05, 3.63) is 35.9 Å². The average Bonchev–Trinajstić information content (AvgIpc) is 2.78. The standard InChI is InChI=1S/C13H16O/c14-9-12-10-6-7-13(12,8-10)11-4-2-1-3-5-11/h1-5,10,12,14H,6-9H2. The van der Waals surface area contributed by atoms with Crippen LogP contribution in [0.4, 0.5) is 0 Å². The Morgan fingerprint density at radius 1 is 1.29 bits per heavy atom. The number of aliphatic hydroxyl groups excluding tert-OH is 1. The van der Waals surface area contributed by atoms with Crippen LogP contribution in [0, 0.1) is 11.8 Å². The lowest BCUT2D eigenvalue weighted by Crippen LogP contribution is -2.45. The van der Waals surface area contributed by atoms with E-state index in [9.17, 15) is 5.11 Å². The minimum Gasteiger partial charge on any atom is -0.396 e. The zero-order valence-corrected chi connectivity index (χ0v) is 8.32. The van der Waals surface area contributed by atoms with Crippen LogP contribution in [-0.2, 0) is 5.41 Å². The van der Waals surface area contributed by atoms with E-state index in [1.54, 1.807) is 0 Å². The fourth-order valence-electron chi connectivity index (χ4n) is 3.66. The van der Waals surface area contributed by atoms with Crippen molar-refractivity contribution in [1.29, 1.82) is 0 Å². The first-order valence-electron chi connectivity index (χ1n) is 5.53. The Kier molecular flexibility index (Phi) is 1.72. The summed E-state index contributed by atoms with van der Waals surface area (Å²) in [5.41, 5.74) is 1.80. The summed E-state index contributed by atoms with van der Waals surface area (Å²) in [7, 11) is 0. The van der Waals surface area contributed by atoms with Gasteiger partial charge < -0.3 is 5.11 Å². The van der Waals surface area contributed by atoms with Crippen LogP contribution in [-0.4, -0.2) is 11.7 Å². The van der Waals surface area contributed by atoms with E-state index < -0.39 is 0 Å². The van der Waals surface area contributed by atoms with Crippen molar-refractivity contribution < 1.29 is 5.11 Å². The Morgan fingerprint density at radius 3 is 2.71 bits per heavy atom. The van der Waals surface area contributed by atoms with Crippen molar-refractivity contribution in [3.8, 4) is 0 Å². The van der Waals surface area contributed by atoms with E-state index in [1.165, 1.54) is 24.8 Å². The summed E-state index contributed by atoms with van der Waals surface area (Å²) in [6.07, 6.45) is 3.91. The maximum atomic E-state index is 9.39. The number of hydrogen-bond acceptors (Lipinski definition) is 1. The van der Waals surface area contributed by atoms with E-state index >= 15 is 0 Å². The van der Waals surface area contributed by atoms with Gasteiger partial charge in [-0.15, -0.1) is 0 Å². The highest BCUT2D eigenvalue weighted by molar-refractivity contribution is 5.33. The lowest BCUT2D eigenvalue weighted by Gasteiger charge is -2.47. The maximum Gasteiger partial charge on any atom is 0.0470 e. The predicted molar refractivity (Wildman–Crippen MR) is 56.0 cm³/mol. The highest BCUT2D eigenvalue weighted by Crippen LogP contribution is 2.63. The molecule has 0 spiro atoms. The molecule has 1 aromatic carbocycles. The van der Waals surface area contributed by atoms with E-state index in [0.717, 1.165) is 5.92 Å². The number of benzene rings is 1. The molecule has 1 nitrogen and oxygen atoms in total. The van der Waals surface area contributed by atoms with Crippen LogP contribution in [0.3, 0.4) is 0 Å². The molecule has 1 heteroatoms. The summed E-state index contributed by atoms with van der Waals surface area (Å²) in [6.45, 7) is 0.375. The van der Waals surface area contributed by atoms with E-state index in [2.05, 4.69) is 30.3 Å². The fourth-order valence-corrected chi connectivity index (χ4v) is 3.66. The Morgan fingerprint density at radius 2 is 2.07 bits per heavy atom. The Balaban J connectivity index is 1.98. The summed E-state index contributed by atoms with van der Waals surface area (Å²) < 4.78 is 0. The molecule has 1 N–H and O–H groups in total. The van der Waals surface area contributed by atoms with Crippen molar-refractivity contribution in [2.45, 2.75) is 24.7 Å². The first-order valence-corrected chi connectivity index (χ1v) is 5.53. The lowest BCUT2D eigenvalue weighted by atomic mass is 9.57. The van der Waals surface area contributed by atoms with Gasteiger partial charge in [0.25, 0.3) is 0 Å². The molecule has 3 aliphatic rings. The number of aliphatic hydroxyl groups is 1. The molecule has 0 radical (unpaired) electrons. The first-order chi connectivity index (χ1) is 6.87. The smallest absolute Gasteiger partial charge is 0.0470 e. The second-order valence-electron chi connectivity index (χ2n) is 4.81. The zero-order valence-electron chi connectivity index (χ0n) is 8.32. The second-order valence-corrected chi connectivity index (χ2v) is 4.81. The van der Waals surface area contributed by atoms with Crippen molar-refractivity contribution in [1.82, 2.24) is 0 Å². The molecule has 3 atom stereocenters. The summed E-state index contributed by atoms with van der Waals surface area (Å²) in [5.74, 6) is 1.35. The molecule has 0 amide bonds. The molecule has 14 heavy (non-hydrogen) atoms. The maximum absolute atomic E-state index is 9.39. The number of rotatable bonds is 2. The second kappa shape index (κ2) is 2.83. The molecular formula is C13H16O. The van der Waals surface area contributed by atoms with E-state index in [4.69, 9.17) is 0 Å². The molecule has 2 bridgehead atoms. The first kappa shape index (κ1) is 8.49. The molecular weight excluding hydrogens is 172 g/mol. The van der Waals surface area contributed by atoms with Crippen LogP contribution in [0.5, 0.6) is 0 Å². The van der Waals surface area contributed by atoms with Crippen molar-refractivity contribution in [2.24, 2.45) is 11.8 Å². The molecule has 3 aliphatic carbocycles. The van der Waals surface area contributed by atoms with Gasteiger partial charge in [-0.3, -0.25) is 0 Å². The Bertz CT molecular complexity index is 328. The van der Waals surface area contributed by atoms with Crippen LogP contribution < -0.4 is 0 Å². The summed E-state index contributed by atoms with van der Waals surface area (Å²) in [5, 5.41) is 9.39. The van der Waals surface area contributed by atoms with Gasteiger partial charge in [-0.25, -0.2) is 0 Å². The van der Waals surface area contributed by atoms with Crippen LogP contribution in [0.25, 0.3) is 0 Å². The molecule has 1 aromatic rings.